The lowest BCUT2D eigenvalue weighted by molar-refractivity contribution is -0.139. The van der Waals surface area contributed by atoms with Crippen LogP contribution < -0.4 is 10.6 Å². The molecule has 2 fully saturated rings. The largest absolute Gasteiger partial charge is 0.365 e. The lowest BCUT2D eigenvalue weighted by Gasteiger charge is -2.29. The molecular formula is C17H32N2O2. The molecule has 4 heteroatoms. The summed E-state index contributed by atoms with van der Waals surface area (Å²) in [6.07, 6.45) is 7.86. The van der Waals surface area contributed by atoms with E-state index in [1.165, 1.54) is 19.3 Å². The minimum Gasteiger partial charge on any atom is -0.365 e. The topological polar surface area (TPSA) is 50.4 Å². The zero-order chi connectivity index (χ0) is 15.1. The first kappa shape index (κ1) is 16.8. The Bertz CT molecular complexity index is 316. The third-order valence-electron chi connectivity index (χ3n) is 4.92. The van der Waals surface area contributed by atoms with Crippen molar-refractivity contribution in [3.8, 4) is 0 Å². The van der Waals surface area contributed by atoms with Gasteiger partial charge in [0.2, 0.25) is 5.91 Å². The Hall–Kier alpha value is -0.610. The normalized spacial score (nSPS) is 31.0. The zero-order valence-electron chi connectivity index (χ0n) is 13.7. The highest BCUT2D eigenvalue weighted by atomic mass is 16.5. The first-order valence-corrected chi connectivity index (χ1v) is 8.83. The molecule has 0 radical (unpaired) electrons. The number of hydrogen-bond donors (Lipinski definition) is 2. The molecular weight excluding hydrogens is 264 g/mol. The second-order valence-corrected chi connectivity index (χ2v) is 6.87. The highest BCUT2D eigenvalue weighted by Gasteiger charge is 2.25. The fraction of sp³-hybridized carbons (Fsp3) is 0.941. The summed E-state index contributed by atoms with van der Waals surface area (Å²) in [7, 11) is 0. The van der Waals surface area contributed by atoms with Gasteiger partial charge in [0.05, 0.1) is 6.10 Å². The van der Waals surface area contributed by atoms with Gasteiger partial charge in [-0.05, 0) is 57.0 Å². The minimum atomic E-state index is -0.262. The zero-order valence-corrected chi connectivity index (χ0v) is 13.7. The number of carbonyl (C=O) groups is 1. The average Bonchev–Trinajstić information content (AvgIpc) is 2.98. The van der Waals surface area contributed by atoms with Gasteiger partial charge in [-0.25, -0.2) is 0 Å². The van der Waals surface area contributed by atoms with Crippen molar-refractivity contribution in [3.05, 3.63) is 0 Å². The minimum absolute atomic E-state index is 0.0849. The molecule has 4 unspecified atom stereocenters. The Balaban J connectivity index is 1.67. The quantitative estimate of drug-likeness (QED) is 0.759. The van der Waals surface area contributed by atoms with E-state index in [4.69, 9.17) is 4.74 Å². The third kappa shape index (κ3) is 5.59. The first-order valence-electron chi connectivity index (χ1n) is 8.83. The summed E-state index contributed by atoms with van der Waals surface area (Å²) in [4.78, 5) is 12.3. The standard InChI is InChI=1S/C17H32N2O2/c1-3-16(21-15-6-4-5-13(2)11-15)17(20)19-10-8-14-7-9-18-12-14/h13-16,18H,3-12H2,1-2H3,(H,19,20). The van der Waals surface area contributed by atoms with Crippen LogP contribution in [-0.4, -0.2) is 37.7 Å². The molecule has 0 spiro atoms. The van der Waals surface area contributed by atoms with Gasteiger partial charge in [-0.1, -0.05) is 26.7 Å². The van der Waals surface area contributed by atoms with E-state index in [1.54, 1.807) is 0 Å². The van der Waals surface area contributed by atoms with Crippen LogP contribution in [0.4, 0.5) is 0 Å². The van der Waals surface area contributed by atoms with Gasteiger partial charge in [-0.2, -0.15) is 0 Å². The summed E-state index contributed by atoms with van der Waals surface area (Å²) >= 11 is 0. The summed E-state index contributed by atoms with van der Waals surface area (Å²) in [6.45, 7) is 7.33. The smallest absolute Gasteiger partial charge is 0.249 e. The SMILES string of the molecule is CCC(OC1CCCC(C)C1)C(=O)NCCC1CCNC1. The maximum atomic E-state index is 12.3. The van der Waals surface area contributed by atoms with Crippen LogP contribution in [0.15, 0.2) is 0 Å². The molecule has 1 aliphatic heterocycles. The third-order valence-corrected chi connectivity index (χ3v) is 4.92. The Morgan fingerprint density at radius 1 is 1.38 bits per heavy atom. The molecule has 1 aliphatic carbocycles. The molecule has 0 aromatic heterocycles. The van der Waals surface area contributed by atoms with Crippen molar-refractivity contribution in [3.63, 3.8) is 0 Å². The monoisotopic (exact) mass is 296 g/mol. The number of carbonyl (C=O) groups excluding carboxylic acids is 1. The van der Waals surface area contributed by atoms with Gasteiger partial charge in [-0.15, -0.1) is 0 Å². The van der Waals surface area contributed by atoms with E-state index < -0.39 is 0 Å². The lowest BCUT2D eigenvalue weighted by Crippen LogP contribution is -2.40. The predicted molar refractivity (Wildman–Crippen MR) is 85.2 cm³/mol. The number of rotatable bonds is 7. The van der Waals surface area contributed by atoms with Gasteiger partial charge in [0.1, 0.15) is 6.10 Å². The summed E-state index contributed by atoms with van der Waals surface area (Å²) in [5.41, 5.74) is 0. The van der Waals surface area contributed by atoms with Crippen molar-refractivity contribution in [1.29, 1.82) is 0 Å². The Kier molecular flexibility index (Phi) is 6.97. The van der Waals surface area contributed by atoms with E-state index in [1.807, 2.05) is 6.92 Å². The molecule has 2 aliphatic rings. The number of amides is 1. The Morgan fingerprint density at radius 2 is 2.24 bits per heavy atom. The van der Waals surface area contributed by atoms with Crippen LogP contribution in [0.3, 0.4) is 0 Å². The van der Waals surface area contributed by atoms with Crippen molar-refractivity contribution in [2.75, 3.05) is 19.6 Å². The van der Waals surface area contributed by atoms with Crippen LogP contribution >= 0.6 is 0 Å². The highest BCUT2D eigenvalue weighted by Crippen LogP contribution is 2.27. The van der Waals surface area contributed by atoms with Crippen molar-refractivity contribution < 1.29 is 9.53 Å². The lowest BCUT2D eigenvalue weighted by atomic mass is 9.88. The Morgan fingerprint density at radius 3 is 2.90 bits per heavy atom. The fourth-order valence-corrected chi connectivity index (χ4v) is 3.55. The molecule has 2 rings (SSSR count). The number of hydrogen-bond acceptors (Lipinski definition) is 3. The van der Waals surface area contributed by atoms with E-state index in [9.17, 15) is 4.79 Å². The molecule has 4 nitrogen and oxygen atoms in total. The van der Waals surface area contributed by atoms with Crippen LogP contribution in [0.2, 0.25) is 0 Å². The molecule has 122 valence electrons. The number of nitrogens with one attached hydrogen (secondary N) is 2. The second kappa shape index (κ2) is 8.74. The van der Waals surface area contributed by atoms with Gasteiger partial charge in [0.25, 0.3) is 0 Å². The van der Waals surface area contributed by atoms with Gasteiger partial charge < -0.3 is 15.4 Å². The maximum Gasteiger partial charge on any atom is 0.249 e. The molecule has 21 heavy (non-hydrogen) atoms. The van der Waals surface area contributed by atoms with Crippen molar-refractivity contribution in [1.82, 2.24) is 10.6 Å². The van der Waals surface area contributed by atoms with Crippen LogP contribution in [0.5, 0.6) is 0 Å². The van der Waals surface area contributed by atoms with Crippen LogP contribution in [0.1, 0.15) is 58.8 Å². The summed E-state index contributed by atoms with van der Waals surface area (Å²) < 4.78 is 6.07. The number of ether oxygens (including phenoxy) is 1. The fourth-order valence-electron chi connectivity index (χ4n) is 3.55. The van der Waals surface area contributed by atoms with E-state index >= 15 is 0 Å². The predicted octanol–water partition coefficient (Wildman–Crippen LogP) is 2.48. The van der Waals surface area contributed by atoms with E-state index in [2.05, 4.69) is 17.6 Å². The van der Waals surface area contributed by atoms with Gasteiger partial charge in [0, 0.05) is 6.54 Å². The molecule has 1 heterocycles. The maximum absolute atomic E-state index is 12.3. The first-order chi connectivity index (χ1) is 10.2. The molecule has 1 saturated carbocycles. The highest BCUT2D eigenvalue weighted by molar-refractivity contribution is 5.80. The summed E-state index contributed by atoms with van der Waals surface area (Å²) in [5, 5.41) is 6.43. The van der Waals surface area contributed by atoms with Gasteiger partial charge in [0.15, 0.2) is 0 Å². The summed E-state index contributed by atoms with van der Waals surface area (Å²) in [6, 6.07) is 0. The van der Waals surface area contributed by atoms with Crippen molar-refractivity contribution in [2.45, 2.75) is 71.0 Å². The van der Waals surface area contributed by atoms with Crippen molar-refractivity contribution >= 4 is 5.91 Å². The van der Waals surface area contributed by atoms with E-state index in [-0.39, 0.29) is 18.1 Å². The average molecular weight is 296 g/mol. The molecule has 0 aromatic carbocycles. The van der Waals surface area contributed by atoms with Gasteiger partial charge in [-0.3, -0.25) is 4.79 Å². The molecule has 0 bridgehead atoms. The van der Waals surface area contributed by atoms with Crippen LogP contribution in [0, 0.1) is 11.8 Å². The molecule has 2 N–H and O–H groups in total. The van der Waals surface area contributed by atoms with Crippen LogP contribution in [0.25, 0.3) is 0 Å². The van der Waals surface area contributed by atoms with Crippen molar-refractivity contribution in [2.24, 2.45) is 11.8 Å². The Labute approximate surface area is 129 Å². The van der Waals surface area contributed by atoms with E-state index in [0.29, 0.717) is 0 Å². The molecule has 1 amide bonds. The summed E-state index contributed by atoms with van der Waals surface area (Å²) in [5.74, 6) is 1.55. The van der Waals surface area contributed by atoms with Gasteiger partial charge >= 0.3 is 0 Å². The van der Waals surface area contributed by atoms with Crippen LogP contribution in [-0.2, 0) is 9.53 Å². The second-order valence-electron chi connectivity index (χ2n) is 6.87. The van der Waals surface area contributed by atoms with E-state index in [0.717, 1.165) is 57.2 Å². The molecule has 1 saturated heterocycles. The molecule has 0 aromatic rings. The molecule has 4 atom stereocenters.